The number of rotatable bonds is 14. The van der Waals surface area contributed by atoms with Gasteiger partial charge in [-0.2, -0.15) is 0 Å². The SMILES string of the molecule is CCC=CCC=CC[C@H](O)[C@H](O)C=CC=CC=CC=C[C@@H](O)CCC(=O)O. The van der Waals surface area contributed by atoms with Gasteiger partial charge in [0.2, 0.25) is 0 Å². The molecule has 0 amide bonds. The first-order valence-corrected chi connectivity index (χ1v) is 9.21. The molecule has 0 aliphatic rings. The topological polar surface area (TPSA) is 98.0 Å². The third-order valence-electron chi connectivity index (χ3n) is 3.46. The molecule has 5 heteroatoms. The zero-order chi connectivity index (χ0) is 20.3. The third kappa shape index (κ3) is 17.0. The summed E-state index contributed by atoms with van der Waals surface area (Å²) in [6, 6.07) is 0. The second-order valence-electron chi connectivity index (χ2n) is 5.92. The minimum Gasteiger partial charge on any atom is -0.481 e. The van der Waals surface area contributed by atoms with E-state index in [0.29, 0.717) is 6.42 Å². The van der Waals surface area contributed by atoms with Crippen LogP contribution in [0.15, 0.2) is 72.9 Å². The highest BCUT2D eigenvalue weighted by Crippen LogP contribution is 2.03. The van der Waals surface area contributed by atoms with Gasteiger partial charge in [-0.15, -0.1) is 0 Å². The van der Waals surface area contributed by atoms with Crippen LogP contribution in [0.4, 0.5) is 0 Å². The molecule has 0 unspecified atom stereocenters. The van der Waals surface area contributed by atoms with Crippen LogP contribution in [0.25, 0.3) is 0 Å². The number of carboxylic acid groups (broad SMARTS) is 1. The number of aliphatic carboxylic acids is 1. The Morgan fingerprint density at radius 2 is 1.44 bits per heavy atom. The van der Waals surface area contributed by atoms with Crippen molar-refractivity contribution in [2.45, 2.75) is 57.3 Å². The predicted octanol–water partition coefficient (Wildman–Crippen LogP) is 3.46. The van der Waals surface area contributed by atoms with Gasteiger partial charge < -0.3 is 20.4 Å². The predicted molar refractivity (Wildman–Crippen MR) is 109 cm³/mol. The van der Waals surface area contributed by atoms with E-state index in [1.54, 1.807) is 36.5 Å². The number of hydrogen-bond donors (Lipinski definition) is 4. The van der Waals surface area contributed by atoms with E-state index in [9.17, 15) is 20.1 Å². The molecule has 4 N–H and O–H groups in total. The van der Waals surface area contributed by atoms with Crippen LogP contribution in [0.3, 0.4) is 0 Å². The van der Waals surface area contributed by atoms with Crippen LogP contribution in [0.5, 0.6) is 0 Å². The monoisotopic (exact) mass is 376 g/mol. The lowest BCUT2D eigenvalue weighted by Crippen LogP contribution is -2.22. The standard InChI is InChI=1S/C22H32O5/c1-2-3-4-5-9-12-15-20(24)21(25)16-13-10-7-6-8-11-14-19(23)17-18-22(26)27/h3-4,6-14,16,19-21,23-25H,2,5,15,17-18H2,1H3,(H,26,27)/t19-,20+,21-/m1/s1. The first-order chi connectivity index (χ1) is 13.0. The van der Waals surface area contributed by atoms with E-state index < -0.39 is 24.3 Å². The molecule has 27 heavy (non-hydrogen) atoms. The van der Waals surface area contributed by atoms with Crippen LogP contribution in [-0.2, 0) is 4.79 Å². The number of carbonyl (C=O) groups is 1. The van der Waals surface area contributed by atoms with Gasteiger partial charge in [-0.25, -0.2) is 0 Å². The lowest BCUT2D eigenvalue weighted by atomic mass is 10.1. The average Bonchev–Trinajstić information content (AvgIpc) is 2.64. The zero-order valence-electron chi connectivity index (χ0n) is 15.9. The van der Waals surface area contributed by atoms with Gasteiger partial charge in [-0.05, 0) is 25.7 Å². The van der Waals surface area contributed by atoms with E-state index in [2.05, 4.69) is 19.1 Å². The molecule has 0 spiro atoms. The van der Waals surface area contributed by atoms with E-state index >= 15 is 0 Å². The summed E-state index contributed by atoms with van der Waals surface area (Å²) in [5.74, 6) is -0.930. The molecule has 0 fully saturated rings. The molecule has 0 rings (SSSR count). The summed E-state index contributed by atoms with van der Waals surface area (Å²) in [6.45, 7) is 2.07. The van der Waals surface area contributed by atoms with Crippen molar-refractivity contribution in [2.75, 3.05) is 0 Å². The van der Waals surface area contributed by atoms with E-state index in [4.69, 9.17) is 5.11 Å². The molecule has 0 heterocycles. The molecular weight excluding hydrogens is 344 g/mol. The van der Waals surface area contributed by atoms with Crippen LogP contribution in [-0.4, -0.2) is 44.7 Å². The summed E-state index contributed by atoms with van der Waals surface area (Å²) in [5, 5.41) is 37.7. The fourth-order valence-electron chi connectivity index (χ4n) is 1.94. The number of allylic oxidation sites excluding steroid dienone is 9. The molecule has 0 aromatic carbocycles. The molecule has 3 atom stereocenters. The van der Waals surface area contributed by atoms with E-state index in [0.717, 1.165) is 12.8 Å². The quantitative estimate of drug-likeness (QED) is 0.275. The van der Waals surface area contributed by atoms with Crippen LogP contribution >= 0.6 is 0 Å². The molecule has 0 bridgehead atoms. The lowest BCUT2D eigenvalue weighted by molar-refractivity contribution is -0.137. The van der Waals surface area contributed by atoms with Crippen molar-refractivity contribution in [3.05, 3.63) is 72.9 Å². The summed E-state index contributed by atoms with van der Waals surface area (Å²) < 4.78 is 0. The van der Waals surface area contributed by atoms with Gasteiger partial charge in [-0.1, -0.05) is 79.8 Å². The van der Waals surface area contributed by atoms with Gasteiger partial charge in [-0.3, -0.25) is 4.79 Å². The molecular formula is C22H32O5. The zero-order valence-corrected chi connectivity index (χ0v) is 15.9. The second-order valence-corrected chi connectivity index (χ2v) is 5.92. The maximum Gasteiger partial charge on any atom is 0.303 e. The molecule has 0 aromatic heterocycles. The number of aliphatic hydroxyl groups excluding tert-OH is 3. The fraction of sp³-hybridized carbons (Fsp3) is 0.409. The molecule has 0 aliphatic heterocycles. The Bertz CT molecular complexity index is 555. The Morgan fingerprint density at radius 3 is 2.07 bits per heavy atom. The van der Waals surface area contributed by atoms with Crippen LogP contribution < -0.4 is 0 Å². The number of aliphatic hydroxyl groups is 3. The first kappa shape index (κ1) is 24.8. The van der Waals surface area contributed by atoms with Crippen molar-refractivity contribution in [1.29, 1.82) is 0 Å². The van der Waals surface area contributed by atoms with Gasteiger partial charge in [0.25, 0.3) is 0 Å². The highest BCUT2D eigenvalue weighted by atomic mass is 16.4. The van der Waals surface area contributed by atoms with E-state index in [-0.39, 0.29) is 12.8 Å². The van der Waals surface area contributed by atoms with Crippen molar-refractivity contribution >= 4 is 5.97 Å². The minimum atomic E-state index is -0.932. The number of carboxylic acids is 1. The van der Waals surface area contributed by atoms with Crippen LogP contribution in [0.2, 0.25) is 0 Å². The highest BCUT2D eigenvalue weighted by Gasteiger charge is 2.10. The molecule has 0 aliphatic carbocycles. The van der Waals surface area contributed by atoms with Crippen molar-refractivity contribution in [3.8, 4) is 0 Å². The smallest absolute Gasteiger partial charge is 0.303 e. The molecule has 0 saturated carbocycles. The molecule has 5 nitrogen and oxygen atoms in total. The molecule has 0 aromatic rings. The summed E-state index contributed by atoms with van der Waals surface area (Å²) in [7, 11) is 0. The molecule has 0 saturated heterocycles. The molecule has 0 radical (unpaired) electrons. The Balaban J connectivity index is 4.06. The van der Waals surface area contributed by atoms with Gasteiger partial charge in [0.1, 0.15) is 0 Å². The Hall–Kier alpha value is -2.21. The summed E-state index contributed by atoms with van der Waals surface area (Å²) >= 11 is 0. The van der Waals surface area contributed by atoms with Gasteiger partial charge in [0, 0.05) is 6.42 Å². The first-order valence-electron chi connectivity index (χ1n) is 9.21. The van der Waals surface area contributed by atoms with Crippen molar-refractivity contribution in [2.24, 2.45) is 0 Å². The van der Waals surface area contributed by atoms with Gasteiger partial charge >= 0.3 is 5.97 Å². The minimum absolute atomic E-state index is 0.0696. The summed E-state index contributed by atoms with van der Waals surface area (Å²) in [4.78, 5) is 10.4. The van der Waals surface area contributed by atoms with Crippen LogP contribution in [0.1, 0.15) is 39.0 Å². The average molecular weight is 376 g/mol. The summed E-state index contributed by atoms with van der Waals surface area (Å²) in [6.07, 6.45) is 21.0. The van der Waals surface area contributed by atoms with Crippen molar-refractivity contribution in [3.63, 3.8) is 0 Å². The summed E-state index contributed by atoms with van der Waals surface area (Å²) in [5.41, 5.74) is 0. The molecule has 150 valence electrons. The van der Waals surface area contributed by atoms with Gasteiger partial charge in [0.15, 0.2) is 0 Å². The highest BCUT2D eigenvalue weighted by molar-refractivity contribution is 5.66. The van der Waals surface area contributed by atoms with Gasteiger partial charge in [0.05, 0.1) is 18.3 Å². The lowest BCUT2D eigenvalue weighted by Gasteiger charge is -2.11. The fourth-order valence-corrected chi connectivity index (χ4v) is 1.94. The van der Waals surface area contributed by atoms with Crippen LogP contribution in [0, 0.1) is 0 Å². The largest absolute Gasteiger partial charge is 0.481 e. The number of hydrogen-bond acceptors (Lipinski definition) is 4. The maximum absolute atomic E-state index is 10.4. The normalized spacial score (nSPS) is 16.6. The third-order valence-corrected chi connectivity index (χ3v) is 3.46. The Kier molecular flexibility index (Phi) is 15.8. The Labute approximate surface area is 162 Å². The maximum atomic E-state index is 10.4. The second kappa shape index (κ2) is 17.2. The van der Waals surface area contributed by atoms with E-state index in [1.165, 1.54) is 12.2 Å². The van der Waals surface area contributed by atoms with E-state index in [1.807, 2.05) is 12.2 Å². The van der Waals surface area contributed by atoms with Crippen molar-refractivity contribution < 1.29 is 25.2 Å². The van der Waals surface area contributed by atoms with Crippen molar-refractivity contribution in [1.82, 2.24) is 0 Å². The Morgan fingerprint density at radius 1 is 0.852 bits per heavy atom.